The van der Waals surface area contributed by atoms with Crippen LogP contribution in [0.4, 0.5) is 0 Å². The fourth-order valence-electron chi connectivity index (χ4n) is 12.3. The van der Waals surface area contributed by atoms with Crippen molar-refractivity contribution in [2.75, 3.05) is 26.4 Å². The van der Waals surface area contributed by atoms with Crippen molar-refractivity contribution >= 4 is 5.91 Å². The van der Waals surface area contributed by atoms with Crippen molar-refractivity contribution in [1.82, 2.24) is 5.32 Å². The molecule has 19 heteroatoms. The average Bonchev–Trinajstić information content (AvgIpc) is 0.790. The van der Waals surface area contributed by atoms with Crippen LogP contribution in [0.3, 0.4) is 0 Å². The number of aliphatic hydroxyl groups excluding tert-OH is 11. The molecule has 1 amide bonds. The summed E-state index contributed by atoms with van der Waals surface area (Å²) in [7, 11) is 0. The van der Waals surface area contributed by atoms with Crippen LogP contribution in [0.2, 0.25) is 0 Å². The second-order valence-corrected chi connectivity index (χ2v) is 26.7. The topological polar surface area (TPSA) is 307 Å². The number of ether oxygens (including phenoxy) is 6. The molecular weight excluding hydrogens is 1240 g/mol. The molecule has 3 heterocycles. The van der Waals surface area contributed by atoms with Crippen molar-refractivity contribution < 1.29 is 89.4 Å². The van der Waals surface area contributed by atoms with Gasteiger partial charge in [0.2, 0.25) is 5.91 Å². The molecule has 12 N–H and O–H groups in total. The molecular formula is C78H135NO18. The summed E-state index contributed by atoms with van der Waals surface area (Å²) in [6.07, 6.45) is 50.9. The van der Waals surface area contributed by atoms with E-state index in [4.69, 9.17) is 28.4 Å². The summed E-state index contributed by atoms with van der Waals surface area (Å²) < 4.78 is 34.4. The van der Waals surface area contributed by atoms with Crippen molar-refractivity contribution in [1.29, 1.82) is 0 Å². The predicted molar refractivity (Wildman–Crippen MR) is 383 cm³/mol. The van der Waals surface area contributed by atoms with Gasteiger partial charge in [0.05, 0.1) is 38.6 Å². The van der Waals surface area contributed by atoms with Gasteiger partial charge in [-0.05, 0) is 77.0 Å². The monoisotopic (exact) mass is 1370 g/mol. The molecule has 97 heavy (non-hydrogen) atoms. The second kappa shape index (κ2) is 58.2. The Bertz CT molecular complexity index is 2130. The first-order chi connectivity index (χ1) is 47.3. The maximum atomic E-state index is 13.4. The molecule has 17 atom stereocenters. The first kappa shape index (κ1) is 87.9. The maximum Gasteiger partial charge on any atom is 0.220 e. The Morgan fingerprint density at radius 2 is 0.711 bits per heavy atom. The van der Waals surface area contributed by atoms with Gasteiger partial charge in [0.1, 0.15) is 73.2 Å². The van der Waals surface area contributed by atoms with Gasteiger partial charge in [0.25, 0.3) is 0 Å². The van der Waals surface area contributed by atoms with Crippen molar-refractivity contribution in [3.63, 3.8) is 0 Å². The Hall–Kier alpha value is -3.29. The zero-order chi connectivity index (χ0) is 70.4. The number of allylic oxidation sites excluding steroid dienone is 16. The molecule has 3 aliphatic heterocycles. The van der Waals surface area contributed by atoms with Crippen LogP contribution in [0, 0.1) is 0 Å². The molecule has 3 aliphatic rings. The van der Waals surface area contributed by atoms with Crippen molar-refractivity contribution in [3.05, 3.63) is 97.2 Å². The molecule has 0 saturated carbocycles. The van der Waals surface area contributed by atoms with Crippen LogP contribution in [0.25, 0.3) is 0 Å². The molecule has 0 aromatic heterocycles. The summed E-state index contributed by atoms with van der Waals surface area (Å²) in [5.41, 5.74) is 0. The average molecular weight is 1370 g/mol. The number of hydrogen-bond acceptors (Lipinski definition) is 18. The summed E-state index contributed by atoms with van der Waals surface area (Å²) in [6, 6.07) is -0.889. The summed E-state index contributed by atoms with van der Waals surface area (Å²) in [5, 5.41) is 121. The van der Waals surface area contributed by atoms with E-state index < -0.39 is 124 Å². The first-order valence-electron chi connectivity index (χ1n) is 38.0. The number of unbranched alkanes of at least 4 members (excludes halogenated alkanes) is 26. The normalized spacial score (nSPS) is 27.5. The summed E-state index contributed by atoms with van der Waals surface area (Å²) in [5.74, 6) is -0.245. The SMILES string of the molecule is CC/C=C\C/C=C\C/C=C\C/C=C\C/C=C\C/C=C\C/C=C\C/C=C\CCCCCCCCCCCCCCCCCCC(=O)NC(COC1OC(CO)C(OC2OC(CO)C(OC3OC(CO)C(O)C(O)C3O)C(O)C2O)C(O)C1O)C(O)CCCCCCCCCCCCC. The number of aliphatic hydroxyl groups is 11. The van der Waals surface area contributed by atoms with Crippen LogP contribution in [0.5, 0.6) is 0 Å². The Labute approximate surface area is 583 Å². The number of nitrogens with one attached hydrogen (secondary N) is 1. The highest BCUT2D eigenvalue weighted by Gasteiger charge is 2.53. The van der Waals surface area contributed by atoms with E-state index in [2.05, 4.69) is 116 Å². The van der Waals surface area contributed by atoms with Gasteiger partial charge in [-0.2, -0.15) is 0 Å². The molecule has 560 valence electrons. The highest BCUT2D eigenvalue weighted by molar-refractivity contribution is 5.76. The largest absolute Gasteiger partial charge is 0.394 e. The van der Waals surface area contributed by atoms with Crippen molar-refractivity contribution in [3.8, 4) is 0 Å². The smallest absolute Gasteiger partial charge is 0.220 e. The maximum absolute atomic E-state index is 13.4. The minimum atomic E-state index is -1.97. The van der Waals surface area contributed by atoms with E-state index in [-0.39, 0.29) is 18.9 Å². The molecule has 0 bridgehead atoms. The first-order valence-corrected chi connectivity index (χ1v) is 38.0. The molecule has 0 radical (unpaired) electrons. The standard InChI is InChI=1S/C78H135NO18/c1-3-5-7-9-11-13-15-16-17-18-19-20-21-22-23-24-25-26-27-28-29-30-31-32-33-34-35-36-37-38-39-40-41-42-43-44-46-48-50-52-54-56-66(84)79-61(62(83)55-53-51-49-47-45-14-12-10-8-6-4-2)60-92-76-72(90)69(87)74(64(58-81)94-76)97-78-73(91)70(88)75(65(59-82)95-78)96-77-71(89)68(86)67(85)63(57-80)93-77/h5,7,11,13,16-17,19-20,22-23,25-26,28-29,31-32,61-65,67-78,80-83,85-91H,3-4,6,8-10,12,14-15,18,21,24,27,30,33-60H2,1-2H3,(H,79,84)/b7-5-,13-11-,17-16-,20-19-,23-22-,26-25-,29-28-,32-31-. The third-order valence-corrected chi connectivity index (χ3v) is 18.4. The minimum absolute atomic E-state index is 0.245. The van der Waals surface area contributed by atoms with E-state index in [0.29, 0.717) is 12.8 Å². The van der Waals surface area contributed by atoms with Crippen LogP contribution in [0.1, 0.15) is 258 Å². The third-order valence-electron chi connectivity index (χ3n) is 18.4. The predicted octanol–water partition coefficient (Wildman–Crippen LogP) is 11.6. The van der Waals surface area contributed by atoms with E-state index >= 15 is 0 Å². The van der Waals surface area contributed by atoms with Gasteiger partial charge in [-0.1, -0.05) is 272 Å². The zero-order valence-corrected chi connectivity index (χ0v) is 59.5. The lowest BCUT2D eigenvalue weighted by atomic mass is 9.96. The fraction of sp³-hybridized carbons (Fsp3) is 0.782. The van der Waals surface area contributed by atoms with Gasteiger partial charge in [0.15, 0.2) is 18.9 Å². The van der Waals surface area contributed by atoms with Gasteiger partial charge in [-0.25, -0.2) is 0 Å². The Morgan fingerprint density at radius 1 is 0.381 bits per heavy atom. The van der Waals surface area contributed by atoms with E-state index in [1.54, 1.807) is 0 Å². The summed E-state index contributed by atoms with van der Waals surface area (Å²) >= 11 is 0. The second-order valence-electron chi connectivity index (χ2n) is 26.7. The zero-order valence-electron chi connectivity index (χ0n) is 59.5. The molecule has 19 nitrogen and oxygen atoms in total. The van der Waals surface area contributed by atoms with Gasteiger partial charge < -0.3 is 89.9 Å². The van der Waals surface area contributed by atoms with E-state index in [0.717, 1.165) is 96.3 Å². The summed E-state index contributed by atoms with van der Waals surface area (Å²) in [4.78, 5) is 13.4. The summed E-state index contributed by atoms with van der Waals surface area (Å²) in [6.45, 7) is 1.66. The van der Waals surface area contributed by atoms with Crippen molar-refractivity contribution in [2.24, 2.45) is 0 Å². The molecule has 3 saturated heterocycles. The molecule has 17 unspecified atom stereocenters. The molecule has 3 rings (SSSR count). The minimum Gasteiger partial charge on any atom is -0.394 e. The van der Waals surface area contributed by atoms with Crippen LogP contribution in [0.15, 0.2) is 97.2 Å². The molecule has 3 fully saturated rings. The Kier molecular flexibility index (Phi) is 52.8. The quantitative estimate of drug-likeness (QED) is 0.0199. The van der Waals surface area contributed by atoms with E-state index in [1.807, 2.05) is 0 Å². The molecule has 0 spiro atoms. The van der Waals surface area contributed by atoms with Crippen LogP contribution < -0.4 is 5.32 Å². The van der Waals surface area contributed by atoms with E-state index in [9.17, 15) is 61.0 Å². The van der Waals surface area contributed by atoms with Gasteiger partial charge >= 0.3 is 0 Å². The number of carbonyl (C=O) groups excluding carboxylic acids is 1. The lowest BCUT2D eigenvalue weighted by Gasteiger charge is -2.48. The Morgan fingerprint density at radius 3 is 1.11 bits per heavy atom. The van der Waals surface area contributed by atoms with Crippen LogP contribution >= 0.6 is 0 Å². The highest BCUT2D eigenvalue weighted by atomic mass is 16.8. The molecule has 0 aliphatic carbocycles. The third kappa shape index (κ3) is 39.1. The number of rotatable bonds is 58. The number of hydrogen-bond donors (Lipinski definition) is 12. The number of carbonyl (C=O) groups is 1. The number of amides is 1. The van der Waals surface area contributed by atoms with Gasteiger partial charge in [-0.15, -0.1) is 0 Å². The van der Waals surface area contributed by atoms with Gasteiger partial charge in [0, 0.05) is 6.42 Å². The lowest BCUT2D eigenvalue weighted by molar-refractivity contribution is -0.379. The van der Waals surface area contributed by atoms with E-state index in [1.165, 1.54) is 128 Å². The van der Waals surface area contributed by atoms with Crippen LogP contribution in [-0.2, 0) is 33.2 Å². The fourth-order valence-corrected chi connectivity index (χ4v) is 12.3. The van der Waals surface area contributed by atoms with Crippen LogP contribution in [-0.4, -0.2) is 193 Å². The highest BCUT2D eigenvalue weighted by Crippen LogP contribution is 2.33. The lowest BCUT2D eigenvalue weighted by Crippen LogP contribution is -2.66. The molecule has 0 aromatic rings. The van der Waals surface area contributed by atoms with Gasteiger partial charge in [-0.3, -0.25) is 4.79 Å². The van der Waals surface area contributed by atoms with Crippen molar-refractivity contribution in [2.45, 2.75) is 362 Å². The Balaban J connectivity index is 1.28. The molecule has 0 aromatic carbocycles.